The minimum atomic E-state index is 0.678. The fraction of sp³-hybridized carbons (Fsp3) is 0.294. The first kappa shape index (κ1) is 15.0. The molecule has 0 aliphatic heterocycles. The summed E-state index contributed by atoms with van der Waals surface area (Å²) in [5, 5.41) is 3.37. The number of hydrogen-bond acceptors (Lipinski definition) is 4. The fourth-order valence-electron chi connectivity index (χ4n) is 2.06. The topological polar surface area (TPSA) is 56.5 Å². The summed E-state index contributed by atoms with van der Waals surface area (Å²) in [6.07, 6.45) is 0.967. The number of rotatable bonds is 6. The first-order valence-electron chi connectivity index (χ1n) is 7.07. The van der Waals surface area contributed by atoms with Gasteiger partial charge in [0.05, 0.1) is 13.7 Å². The van der Waals surface area contributed by atoms with Gasteiger partial charge in [0.1, 0.15) is 11.5 Å². The number of nitrogens with one attached hydrogen (secondary N) is 1. The smallest absolute Gasteiger partial charge is 0.123 e. The summed E-state index contributed by atoms with van der Waals surface area (Å²) in [6.45, 7) is 4.79. The summed E-state index contributed by atoms with van der Waals surface area (Å²) >= 11 is 0. The summed E-state index contributed by atoms with van der Waals surface area (Å²) in [5.41, 5.74) is 9.64. The largest absolute Gasteiger partial charge is 0.497 e. The Balaban J connectivity index is 2.20. The molecular weight excluding hydrogens is 264 g/mol. The van der Waals surface area contributed by atoms with E-state index >= 15 is 0 Å². The van der Waals surface area contributed by atoms with Crippen molar-refractivity contribution in [3.63, 3.8) is 0 Å². The van der Waals surface area contributed by atoms with Crippen LogP contribution in [0.5, 0.6) is 11.5 Å². The molecule has 2 aromatic carbocycles. The second kappa shape index (κ2) is 6.88. The van der Waals surface area contributed by atoms with E-state index in [1.165, 1.54) is 0 Å². The molecule has 0 saturated heterocycles. The summed E-state index contributed by atoms with van der Waals surface area (Å²) in [4.78, 5) is 0. The van der Waals surface area contributed by atoms with Crippen molar-refractivity contribution < 1.29 is 9.47 Å². The lowest BCUT2D eigenvalue weighted by molar-refractivity contribution is 0.318. The third kappa shape index (κ3) is 4.05. The molecule has 2 rings (SSSR count). The van der Waals surface area contributed by atoms with E-state index in [4.69, 9.17) is 15.2 Å². The van der Waals surface area contributed by atoms with Gasteiger partial charge in [-0.25, -0.2) is 0 Å². The third-order valence-electron chi connectivity index (χ3n) is 3.11. The minimum absolute atomic E-state index is 0.678. The Bertz CT molecular complexity index is 612. The van der Waals surface area contributed by atoms with E-state index in [1.807, 2.05) is 43.3 Å². The average molecular weight is 286 g/mol. The first-order chi connectivity index (χ1) is 10.1. The molecule has 0 aromatic heterocycles. The van der Waals surface area contributed by atoms with Crippen LogP contribution in [0.15, 0.2) is 36.4 Å². The molecule has 3 N–H and O–H groups in total. The van der Waals surface area contributed by atoms with Gasteiger partial charge in [-0.1, -0.05) is 6.92 Å². The van der Waals surface area contributed by atoms with Gasteiger partial charge in [-0.3, -0.25) is 0 Å². The molecule has 21 heavy (non-hydrogen) atoms. The number of nitrogen functional groups attached to an aromatic ring is 1. The maximum Gasteiger partial charge on any atom is 0.123 e. The molecule has 112 valence electrons. The van der Waals surface area contributed by atoms with Crippen molar-refractivity contribution >= 4 is 17.1 Å². The molecule has 0 fully saturated rings. The Morgan fingerprint density at radius 3 is 2.57 bits per heavy atom. The molecule has 4 heteroatoms. The summed E-state index contributed by atoms with van der Waals surface area (Å²) in [7, 11) is 1.66. The maximum atomic E-state index is 5.93. The van der Waals surface area contributed by atoms with Crippen LogP contribution < -0.4 is 20.5 Å². The molecule has 0 unspecified atom stereocenters. The highest BCUT2D eigenvalue weighted by atomic mass is 16.5. The lowest BCUT2D eigenvalue weighted by Crippen LogP contribution is -1.99. The predicted octanol–water partition coefficient (Wildman–Crippen LogP) is 4.12. The fourth-order valence-corrected chi connectivity index (χ4v) is 2.06. The molecule has 0 amide bonds. The molecule has 0 heterocycles. The molecule has 0 bridgehead atoms. The van der Waals surface area contributed by atoms with Gasteiger partial charge >= 0.3 is 0 Å². The number of ether oxygens (including phenoxy) is 2. The van der Waals surface area contributed by atoms with E-state index in [-0.39, 0.29) is 0 Å². The molecule has 0 atom stereocenters. The van der Waals surface area contributed by atoms with Gasteiger partial charge < -0.3 is 20.5 Å². The Labute approximate surface area is 125 Å². The van der Waals surface area contributed by atoms with Crippen LogP contribution in [-0.2, 0) is 0 Å². The maximum absolute atomic E-state index is 5.93. The van der Waals surface area contributed by atoms with Crippen molar-refractivity contribution in [2.75, 3.05) is 24.8 Å². The quantitative estimate of drug-likeness (QED) is 0.784. The normalized spacial score (nSPS) is 10.2. The lowest BCUT2D eigenvalue weighted by Gasteiger charge is -2.13. The van der Waals surface area contributed by atoms with Crippen LogP contribution in [0.2, 0.25) is 0 Å². The molecule has 0 aliphatic rings. The van der Waals surface area contributed by atoms with Gasteiger partial charge in [0, 0.05) is 29.2 Å². The minimum Gasteiger partial charge on any atom is -0.497 e. The third-order valence-corrected chi connectivity index (χ3v) is 3.11. The highest BCUT2D eigenvalue weighted by Gasteiger charge is 2.04. The second-order valence-corrected chi connectivity index (χ2v) is 4.95. The van der Waals surface area contributed by atoms with Gasteiger partial charge in [-0.2, -0.15) is 0 Å². The predicted molar refractivity (Wildman–Crippen MR) is 87.7 cm³/mol. The zero-order chi connectivity index (χ0) is 15.2. The van der Waals surface area contributed by atoms with E-state index < -0.39 is 0 Å². The SMILES string of the molecule is CCCOc1cc(N)cc(Nc2ccc(OC)cc2C)c1. The number of hydrogen-bond donors (Lipinski definition) is 2. The van der Waals surface area contributed by atoms with E-state index in [0.29, 0.717) is 12.3 Å². The second-order valence-electron chi connectivity index (χ2n) is 4.95. The monoisotopic (exact) mass is 286 g/mol. The molecule has 4 nitrogen and oxygen atoms in total. The zero-order valence-electron chi connectivity index (χ0n) is 12.8. The highest BCUT2D eigenvalue weighted by Crippen LogP contribution is 2.28. The van der Waals surface area contributed by atoms with Crippen LogP contribution in [0.4, 0.5) is 17.1 Å². The number of aryl methyl sites for hydroxylation is 1. The van der Waals surface area contributed by atoms with Crippen LogP contribution >= 0.6 is 0 Å². The van der Waals surface area contributed by atoms with Crippen LogP contribution in [0.1, 0.15) is 18.9 Å². The van der Waals surface area contributed by atoms with Gasteiger partial charge in [0.25, 0.3) is 0 Å². The van der Waals surface area contributed by atoms with Gasteiger partial charge in [0.15, 0.2) is 0 Å². The van der Waals surface area contributed by atoms with E-state index in [1.54, 1.807) is 7.11 Å². The molecule has 2 aromatic rings. The highest BCUT2D eigenvalue weighted by molar-refractivity contribution is 5.68. The van der Waals surface area contributed by atoms with Crippen LogP contribution in [-0.4, -0.2) is 13.7 Å². The molecule has 0 radical (unpaired) electrons. The van der Waals surface area contributed by atoms with E-state index in [9.17, 15) is 0 Å². The molecule has 0 spiro atoms. The molecule has 0 aliphatic carbocycles. The van der Waals surface area contributed by atoms with E-state index in [2.05, 4.69) is 12.2 Å². The number of anilines is 3. The zero-order valence-corrected chi connectivity index (χ0v) is 12.8. The van der Waals surface area contributed by atoms with Crippen LogP contribution in [0.25, 0.3) is 0 Å². The van der Waals surface area contributed by atoms with Gasteiger partial charge in [-0.15, -0.1) is 0 Å². The van der Waals surface area contributed by atoms with Crippen molar-refractivity contribution in [2.24, 2.45) is 0 Å². The van der Waals surface area contributed by atoms with E-state index in [0.717, 1.165) is 34.9 Å². The van der Waals surface area contributed by atoms with Crippen LogP contribution in [0, 0.1) is 6.92 Å². The van der Waals surface area contributed by atoms with Crippen molar-refractivity contribution in [3.8, 4) is 11.5 Å². The number of nitrogens with two attached hydrogens (primary N) is 1. The lowest BCUT2D eigenvalue weighted by atomic mass is 10.1. The first-order valence-corrected chi connectivity index (χ1v) is 7.07. The Kier molecular flexibility index (Phi) is 4.93. The van der Waals surface area contributed by atoms with Crippen molar-refractivity contribution in [1.82, 2.24) is 0 Å². The Morgan fingerprint density at radius 2 is 1.90 bits per heavy atom. The Hall–Kier alpha value is -2.36. The van der Waals surface area contributed by atoms with Crippen molar-refractivity contribution in [2.45, 2.75) is 20.3 Å². The van der Waals surface area contributed by atoms with Gasteiger partial charge in [-0.05, 0) is 43.2 Å². The van der Waals surface area contributed by atoms with Crippen molar-refractivity contribution in [1.29, 1.82) is 0 Å². The average Bonchev–Trinajstić information content (AvgIpc) is 2.46. The summed E-state index contributed by atoms with van der Waals surface area (Å²) in [6, 6.07) is 11.6. The summed E-state index contributed by atoms with van der Waals surface area (Å²) in [5.74, 6) is 1.63. The molecule has 0 saturated carbocycles. The Morgan fingerprint density at radius 1 is 1.10 bits per heavy atom. The number of benzene rings is 2. The standard InChI is InChI=1S/C17H22N2O2/c1-4-7-21-16-10-13(18)9-14(11-16)19-17-6-5-15(20-3)8-12(17)2/h5-6,8-11,19H,4,7,18H2,1-3H3. The molecular formula is C17H22N2O2. The number of methoxy groups -OCH3 is 1. The van der Waals surface area contributed by atoms with Crippen LogP contribution in [0.3, 0.4) is 0 Å². The van der Waals surface area contributed by atoms with Crippen molar-refractivity contribution in [3.05, 3.63) is 42.0 Å². The summed E-state index contributed by atoms with van der Waals surface area (Å²) < 4.78 is 10.9. The van der Waals surface area contributed by atoms with Gasteiger partial charge in [0.2, 0.25) is 0 Å².